The van der Waals surface area contributed by atoms with Crippen molar-refractivity contribution in [2.75, 3.05) is 5.32 Å². The predicted octanol–water partition coefficient (Wildman–Crippen LogP) is 4.38. The normalized spacial score (nSPS) is 17.6. The van der Waals surface area contributed by atoms with E-state index in [1.165, 1.54) is 4.88 Å². The van der Waals surface area contributed by atoms with Gasteiger partial charge >= 0.3 is 0 Å². The van der Waals surface area contributed by atoms with Gasteiger partial charge in [0.05, 0.1) is 5.56 Å². The Balaban J connectivity index is 1.92. The minimum Gasteiger partial charge on any atom is -0.353 e. The van der Waals surface area contributed by atoms with E-state index >= 15 is 0 Å². The molecule has 0 radical (unpaired) electrons. The summed E-state index contributed by atoms with van der Waals surface area (Å²) in [5.74, 6) is 0.399. The Morgan fingerprint density at radius 1 is 1.20 bits per heavy atom. The van der Waals surface area contributed by atoms with E-state index in [0.29, 0.717) is 10.9 Å². The summed E-state index contributed by atoms with van der Waals surface area (Å²) in [5.41, 5.74) is 1.73. The van der Waals surface area contributed by atoms with Crippen molar-refractivity contribution >= 4 is 33.8 Å². The fraction of sp³-hybridized carbons (Fsp3) is 0.267. The van der Waals surface area contributed by atoms with Gasteiger partial charge in [-0.1, -0.05) is 37.6 Å². The monoisotopic (exact) mass is 306 g/mol. The summed E-state index contributed by atoms with van der Waals surface area (Å²) in [6.07, 6.45) is -0.203. The number of hydrogen-bond donors (Lipinski definition) is 2. The molecule has 1 aliphatic rings. The van der Waals surface area contributed by atoms with Crippen LogP contribution < -0.4 is 10.6 Å². The fourth-order valence-electron chi connectivity index (χ4n) is 2.17. The average molecular weight is 307 g/mol. The van der Waals surface area contributed by atoms with Gasteiger partial charge in [-0.05, 0) is 29.7 Å². The molecule has 2 aromatic rings. The van der Waals surface area contributed by atoms with E-state index < -0.39 is 0 Å². The second-order valence-electron chi connectivity index (χ2n) is 5.15. The maximum atomic E-state index is 12.2. The van der Waals surface area contributed by atoms with Gasteiger partial charge in [-0.25, -0.2) is 0 Å². The van der Waals surface area contributed by atoms with Crippen molar-refractivity contribution in [3.63, 3.8) is 0 Å². The third-order valence-corrected chi connectivity index (χ3v) is 4.94. The standard InChI is InChI=1S/C15H15ClN2OS/c1-8(2)12-7-11-14(19)17-13(18-15(11)20-12)9-3-5-10(16)6-4-9/h3-8,13,18H,1-2H3,(H,17,19)/t13-/m0/s1. The lowest BCUT2D eigenvalue weighted by atomic mass is 10.1. The van der Waals surface area contributed by atoms with Crippen LogP contribution in [0.4, 0.5) is 5.00 Å². The zero-order valence-corrected chi connectivity index (χ0v) is 12.8. The number of nitrogens with one attached hydrogen (secondary N) is 2. The molecule has 1 aromatic heterocycles. The summed E-state index contributed by atoms with van der Waals surface area (Å²) in [4.78, 5) is 13.4. The van der Waals surface area contributed by atoms with Gasteiger partial charge in [-0.2, -0.15) is 0 Å². The molecule has 5 heteroatoms. The first-order chi connectivity index (χ1) is 9.54. The summed E-state index contributed by atoms with van der Waals surface area (Å²) >= 11 is 7.54. The van der Waals surface area contributed by atoms with Crippen LogP contribution >= 0.6 is 22.9 Å². The Bertz CT molecular complexity index is 648. The predicted molar refractivity (Wildman–Crippen MR) is 83.7 cm³/mol. The minimum absolute atomic E-state index is 0.0261. The summed E-state index contributed by atoms with van der Waals surface area (Å²) in [5, 5.41) is 7.99. The summed E-state index contributed by atoms with van der Waals surface area (Å²) in [6.45, 7) is 4.26. The largest absolute Gasteiger partial charge is 0.353 e. The van der Waals surface area contributed by atoms with Gasteiger partial charge in [-0.3, -0.25) is 4.79 Å². The number of amides is 1. The van der Waals surface area contributed by atoms with Gasteiger partial charge in [0, 0.05) is 9.90 Å². The van der Waals surface area contributed by atoms with Crippen LogP contribution in [0.2, 0.25) is 5.02 Å². The number of benzene rings is 1. The van der Waals surface area contributed by atoms with Crippen LogP contribution in [0, 0.1) is 0 Å². The molecule has 3 rings (SSSR count). The maximum absolute atomic E-state index is 12.2. The van der Waals surface area contributed by atoms with Crippen LogP contribution in [0.25, 0.3) is 0 Å². The molecular weight excluding hydrogens is 292 g/mol. The van der Waals surface area contributed by atoms with E-state index in [2.05, 4.69) is 24.5 Å². The molecule has 2 heterocycles. The van der Waals surface area contributed by atoms with Gasteiger partial charge in [0.1, 0.15) is 11.2 Å². The lowest BCUT2D eigenvalue weighted by molar-refractivity contribution is 0.0936. The molecule has 0 unspecified atom stereocenters. The maximum Gasteiger partial charge on any atom is 0.256 e. The number of fused-ring (bicyclic) bond motifs is 1. The van der Waals surface area contributed by atoms with E-state index in [9.17, 15) is 4.79 Å². The molecule has 1 amide bonds. The first kappa shape index (κ1) is 13.5. The van der Waals surface area contributed by atoms with Crippen molar-refractivity contribution in [1.29, 1.82) is 0 Å². The first-order valence-electron chi connectivity index (χ1n) is 6.51. The Labute approximate surface area is 127 Å². The SMILES string of the molecule is CC(C)c1cc2c(s1)N[C@@H](c1ccc(Cl)cc1)NC2=O. The van der Waals surface area contributed by atoms with Crippen molar-refractivity contribution in [3.05, 3.63) is 51.4 Å². The van der Waals surface area contributed by atoms with Gasteiger partial charge in [0.25, 0.3) is 5.91 Å². The van der Waals surface area contributed by atoms with Crippen molar-refractivity contribution in [1.82, 2.24) is 5.32 Å². The molecular formula is C15H15ClN2OS. The summed E-state index contributed by atoms with van der Waals surface area (Å²) in [6, 6.07) is 9.47. The topological polar surface area (TPSA) is 41.1 Å². The van der Waals surface area contributed by atoms with Crippen LogP contribution in [0.15, 0.2) is 30.3 Å². The molecule has 0 spiro atoms. The average Bonchev–Trinajstić information content (AvgIpc) is 2.84. The van der Waals surface area contributed by atoms with Gasteiger partial charge in [-0.15, -0.1) is 11.3 Å². The van der Waals surface area contributed by atoms with Crippen LogP contribution in [-0.2, 0) is 0 Å². The van der Waals surface area contributed by atoms with Gasteiger partial charge in [0.15, 0.2) is 0 Å². The number of rotatable bonds is 2. The van der Waals surface area contributed by atoms with Crippen LogP contribution in [0.5, 0.6) is 0 Å². The van der Waals surface area contributed by atoms with Crippen molar-refractivity contribution in [3.8, 4) is 0 Å². The molecule has 2 N–H and O–H groups in total. The number of thiophene rings is 1. The van der Waals surface area contributed by atoms with Crippen molar-refractivity contribution in [2.45, 2.75) is 25.9 Å². The molecule has 0 saturated heterocycles. The molecule has 0 saturated carbocycles. The number of carbonyl (C=O) groups excluding carboxylic acids is 1. The molecule has 0 aliphatic carbocycles. The quantitative estimate of drug-likeness (QED) is 0.864. The highest BCUT2D eigenvalue weighted by Gasteiger charge is 2.27. The molecule has 1 atom stereocenters. The number of hydrogen-bond acceptors (Lipinski definition) is 3. The lowest BCUT2D eigenvalue weighted by Crippen LogP contribution is -2.37. The summed E-state index contributed by atoms with van der Waals surface area (Å²) < 4.78 is 0. The van der Waals surface area contributed by atoms with Crippen molar-refractivity contribution in [2.24, 2.45) is 0 Å². The van der Waals surface area contributed by atoms with Crippen LogP contribution in [0.1, 0.15) is 46.7 Å². The highest BCUT2D eigenvalue weighted by Crippen LogP contribution is 2.37. The second-order valence-corrected chi connectivity index (χ2v) is 6.67. The van der Waals surface area contributed by atoms with Crippen LogP contribution in [0.3, 0.4) is 0 Å². The number of anilines is 1. The number of halogens is 1. The Kier molecular flexibility index (Phi) is 3.44. The van der Waals surface area contributed by atoms with E-state index in [1.54, 1.807) is 11.3 Å². The third-order valence-electron chi connectivity index (χ3n) is 3.32. The highest BCUT2D eigenvalue weighted by atomic mass is 35.5. The zero-order valence-electron chi connectivity index (χ0n) is 11.2. The minimum atomic E-state index is -0.203. The molecule has 1 aliphatic heterocycles. The molecule has 3 nitrogen and oxygen atoms in total. The van der Waals surface area contributed by atoms with E-state index in [-0.39, 0.29) is 12.1 Å². The van der Waals surface area contributed by atoms with Crippen molar-refractivity contribution < 1.29 is 4.79 Å². The smallest absolute Gasteiger partial charge is 0.256 e. The second kappa shape index (κ2) is 5.11. The third kappa shape index (κ3) is 2.41. The number of carbonyl (C=O) groups is 1. The molecule has 0 fully saturated rings. The lowest BCUT2D eigenvalue weighted by Gasteiger charge is -2.25. The fourth-order valence-corrected chi connectivity index (χ4v) is 3.38. The zero-order chi connectivity index (χ0) is 14.3. The first-order valence-corrected chi connectivity index (χ1v) is 7.70. The highest BCUT2D eigenvalue weighted by molar-refractivity contribution is 7.16. The Morgan fingerprint density at radius 3 is 2.55 bits per heavy atom. The van der Waals surface area contributed by atoms with E-state index in [0.717, 1.165) is 16.1 Å². The van der Waals surface area contributed by atoms with E-state index in [4.69, 9.17) is 11.6 Å². The van der Waals surface area contributed by atoms with Gasteiger partial charge < -0.3 is 10.6 Å². The van der Waals surface area contributed by atoms with Crippen LogP contribution in [-0.4, -0.2) is 5.91 Å². The summed E-state index contributed by atoms with van der Waals surface area (Å²) in [7, 11) is 0. The Hall–Kier alpha value is -1.52. The molecule has 0 bridgehead atoms. The molecule has 20 heavy (non-hydrogen) atoms. The Morgan fingerprint density at radius 2 is 1.90 bits per heavy atom. The van der Waals surface area contributed by atoms with E-state index in [1.807, 2.05) is 30.3 Å². The molecule has 1 aromatic carbocycles. The molecule has 104 valence electrons. The van der Waals surface area contributed by atoms with Gasteiger partial charge in [0.2, 0.25) is 0 Å².